The summed E-state index contributed by atoms with van der Waals surface area (Å²) in [6.45, 7) is 1.78. The second-order valence-electron chi connectivity index (χ2n) is 6.59. The van der Waals surface area contributed by atoms with E-state index in [0.717, 1.165) is 23.7 Å². The van der Waals surface area contributed by atoms with Crippen LogP contribution in [0, 0.1) is 0 Å². The minimum absolute atomic E-state index is 0.0993. The van der Waals surface area contributed by atoms with Gasteiger partial charge in [0.15, 0.2) is 0 Å². The van der Waals surface area contributed by atoms with E-state index in [2.05, 4.69) is 25.6 Å². The molecule has 8 heteroatoms. The van der Waals surface area contributed by atoms with E-state index in [1.807, 2.05) is 24.3 Å². The third kappa shape index (κ3) is 4.28. The summed E-state index contributed by atoms with van der Waals surface area (Å²) in [5.41, 5.74) is 1.31. The molecule has 3 aromatic rings. The van der Waals surface area contributed by atoms with Crippen LogP contribution in [0.5, 0.6) is 0 Å². The van der Waals surface area contributed by atoms with Gasteiger partial charge in [-0.3, -0.25) is 14.9 Å². The van der Waals surface area contributed by atoms with Crippen LogP contribution in [0.1, 0.15) is 30.1 Å². The van der Waals surface area contributed by atoms with Gasteiger partial charge in [-0.15, -0.1) is 0 Å². The molecule has 0 saturated heterocycles. The van der Waals surface area contributed by atoms with Crippen LogP contribution in [0.3, 0.4) is 0 Å². The lowest BCUT2D eigenvalue weighted by molar-refractivity contribution is -0.115. The van der Waals surface area contributed by atoms with Crippen LogP contribution in [0.15, 0.2) is 53.8 Å². The van der Waals surface area contributed by atoms with E-state index in [1.165, 1.54) is 11.8 Å². The first-order valence-corrected chi connectivity index (χ1v) is 9.93. The zero-order valence-corrected chi connectivity index (χ0v) is 16.1. The molecule has 1 atom stereocenters. The molecule has 2 amide bonds. The minimum Gasteiger partial charge on any atom is -0.349 e. The van der Waals surface area contributed by atoms with Crippen molar-refractivity contribution >= 4 is 40.4 Å². The Morgan fingerprint density at radius 1 is 1.14 bits per heavy atom. The molecular weight excluding hydrogens is 374 g/mol. The summed E-state index contributed by atoms with van der Waals surface area (Å²) in [4.78, 5) is 37.7. The third-order valence-electron chi connectivity index (χ3n) is 4.32. The van der Waals surface area contributed by atoms with E-state index in [1.54, 1.807) is 31.5 Å². The predicted molar refractivity (Wildman–Crippen MR) is 108 cm³/mol. The Morgan fingerprint density at radius 3 is 2.64 bits per heavy atom. The van der Waals surface area contributed by atoms with Crippen molar-refractivity contribution < 1.29 is 9.59 Å². The van der Waals surface area contributed by atoms with Crippen molar-refractivity contribution in [3.05, 3.63) is 54.4 Å². The highest BCUT2D eigenvalue weighted by molar-refractivity contribution is 8.00. The molecule has 2 aromatic heterocycles. The molecule has 2 heterocycles. The fourth-order valence-corrected chi connectivity index (χ4v) is 3.57. The Morgan fingerprint density at radius 2 is 1.89 bits per heavy atom. The van der Waals surface area contributed by atoms with E-state index < -0.39 is 5.25 Å². The van der Waals surface area contributed by atoms with Crippen molar-refractivity contribution in [2.75, 3.05) is 5.32 Å². The van der Waals surface area contributed by atoms with E-state index in [0.29, 0.717) is 10.6 Å². The lowest BCUT2D eigenvalue weighted by Gasteiger charge is -2.13. The SMILES string of the molecule is CC(Sc1cc(C(=O)NC2CC2)c2ccccc2n1)C(=O)Nc1ncccn1. The molecule has 142 valence electrons. The van der Waals surface area contributed by atoms with Crippen molar-refractivity contribution in [2.45, 2.75) is 36.1 Å². The fraction of sp³-hybridized carbons (Fsp3) is 0.250. The number of nitrogens with zero attached hydrogens (tertiary/aromatic N) is 3. The topological polar surface area (TPSA) is 96.9 Å². The number of carbonyl (C=O) groups excluding carboxylic acids is 2. The number of hydrogen-bond donors (Lipinski definition) is 2. The number of amides is 2. The maximum absolute atomic E-state index is 12.7. The number of thioether (sulfide) groups is 1. The van der Waals surface area contributed by atoms with Gasteiger partial charge in [-0.2, -0.15) is 0 Å². The van der Waals surface area contributed by atoms with Crippen molar-refractivity contribution in [1.82, 2.24) is 20.3 Å². The lowest BCUT2D eigenvalue weighted by atomic mass is 10.1. The highest BCUT2D eigenvalue weighted by Crippen LogP contribution is 2.28. The number of carbonyl (C=O) groups is 2. The Hall–Kier alpha value is -3.00. The first kappa shape index (κ1) is 18.4. The average Bonchev–Trinajstić information content (AvgIpc) is 3.52. The number of benzene rings is 1. The monoisotopic (exact) mass is 393 g/mol. The Balaban J connectivity index is 1.55. The average molecular weight is 393 g/mol. The van der Waals surface area contributed by atoms with Crippen LogP contribution in [-0.4, -0.2) is 38.1 Å². The molecule has 1 fully saturated rings. The van der Waals surface area contributed by atoms with Gasteiger partial charge in [-0.25, -0.2) is 15.0 Å². The first-order chi connectivity index (χ1) is 13.6. The molecule has 0 aliphatic heterocycles. The van der Waals surface area contributed by atoms with Crippen LogP contribution in [0.25, 0.3) is 10.9 Å². The van der Waals surface area contributed by atoms with Crippen molar-refractivity contribution in [3.63, 3.8) is 0 Å². The molecule has 0 spiro atoms. The van der Waals surface area contributed by atoms with Gasteiger partial charge in [0.2, 0.25) is 11.9 Å². The molecule has 4 rings (SSSR count). The standard InChI is InChI=1S/C20H19N5O2S/c1-12(18(26)25-20-21-9-4-10-22-20)28-17-11-15(19(27)23-13-7-8-13)14-5-2-3-6-16(14)24-17/h2-6,9-13H,7-8H2,1H3,(H,23,27)(H,21,22,25,26). The van der Waals surface area contributed by atoms with E-state index >= 15 is 0 Å². The molecule has 1 aliphatic rings. The molecule has 0 radical (unpaired) electrons. The number of aromatic nitrogens is 3. The number of pyridine rings is 1. The maximum Gasteiger partial charge on any atom is 0.252 e. The van der Waals surface area contributed by atoms with Gasteiger partial charge in [0, 0.05) is 23.8 Å². The van der Waals surface area contributed by atoms with E-state index in [4.69, 9.17) is 0 Å². The van der Waals surface area contributed by atoms with Crippen LogP contribution in [-0.2, 0) is 4.79 Å². The number of nitrogens with one attached hydrogen (secondary N) is 2. The van der Waals surface area contributed by atoms with Gasteiger partial charge < -0.3 is 5.32 Å². The molecule has 1 saturated carbocycles. The number of rotatable bonds is 6. The fourth-order valence-electron chi connectivity index (χ4n) is 2.70. The summed E-state index contributed by atoms with van der Waals surface area (Å²) in [6, 6.07) is 11.2. The van der Waals surface area contributed by atoms with E-state index in [-0.39, 0.29) is 23.8 Å². The molecular formula is C20H19N5O2S. The minimum atomic E-state index is -0.434. The molecule has 1 unspecified atom stereocenters. The third-order valence-corrected chi connectivity index (χ3v) is 5.34. The van der Waals surface area contributed by atoms with Crippen molar-refractivity contribution in [2.24, 2.45) is 0 Å². The predicted octanol–water partition coefficient (Wildman–Crippen LogP) is 3.04. The smallest absolute Gasteiger partial charge is 0.252 e. The van der Waals surface area contributed by atoms with Gasteiger partial charge in [0.25, 0.3) is 5.91 Å². The van der Waals surface area contributed by atoms with Gasteiger partial charge >= 0.3 is 0 Å². The van der Waals surface area contributed by atoms with Crippen LogP contribution in [0.4, 0.5) is 5.95 Å². The van der Waals surface area contributed by atoms with Gasteiger partial charge in [-0.1, -0.05) is 30.0 Å². The van der Waals surface area contributed by atoms with Gasteiger partial charge in [0.1, 0.15) is 0 Å². The number of hydrogen-bond acceptors (Lipinski definition) is 6. The summed E-state index contributed by atoms with van der Waals surface area (Å²) in [6.07, 6.45) is 5.18. The summed E-state index contributed by atoms with van der Waals surface area (Å²) in [7, 11) is 0. The zero-order valence-electron chi connectivity index (χ0n) is 15.3. The molecule has 0 bridgehead atoms. The lowest BCUT2D eigenvalue weighted by Crippen LogP contribution is -2.26. The Bertz CT molecular complexity index is 1020. The molecule has 28 heavy (non-hydrogen) atoms. The molecule has 1 aliphatic carbocycles. The largest absolute Gasteiger partial charge is 0.349 e. The Kier molecular flexibility index (Phi) is 5.21. The summed E-state index contributed by atoms with van der Waals surface area (Å²) in [5, 5.41) is 6.70. The van der Waals surface area contributed by atoms with Crippen molar-refractivity contribution in [1.29, 1.82) is 0 Å². The molecule has 7 nitrogen and oxygen atoms in total. The van der Waals surface area contributed by atoms with Crippen molar-refractivity contribution in [3.8, 4) is 0 Å². The molecule has 1 aromatic carbocycles. The van der Waals surface area contributed by atoms with Gasteiger partial charge in [0.05, 0.1) is 21.4 Å². The highest BCUT2D eigenvalue weighted by atomic mass is 32.2. The van der Waals surface area contributed by atoms with Crippen LogP contribution in [0.2, 0.25) is 0 Å². The Labute approximate surface area is 166 Å². The number of fused-ring (bicyclic) bond motifs is 1. The quantitative estimate of drug-likeness (QED) is 0.625. The second-order valence-corrected chi connectivity index (χ2v) is 7.96. The highest BCUT2D eigenvalue weighted by Gasteiger charge is 2.25. The molecule has 2 N–H and O–H groups in total. The summed E-state index contributed by atoms with van der Waals surface area (Å²) >= 11 is 1.29. The first-order valence-electron chi connectivity index (χ1n) is 9.05. The van der Waals surface area contributed by atoms with Gasteiger partial charge in [-0.05, 0) is 38.0 Å². The second kappa shape index (κ2) is 7.93. The van der Waals surface area contributed by atoms with Crippen LogP contribution < -0.4 is 10.6 Å². The summed E-state index contributed by atoms with van der Waals surface area (Å²) in [5.74, 6) is -0.0659. The zero-order chi connectivity index (χ0) is 19.5. The number of anilines is 1. The normalized spacial score (nSPS) is 14.5. The maximum atomic E-state index is 12.7. The summed E-state index contributed by atoms with van der Waals surface area (Å²) < 4.78 is 0. The van der Waals surface area contributed by atoms with Crippen LogP contribution >= 0.6 is 11.8 Å². The van der Waals surface area contributed by atoms with E-state index in [9.17, 15) is 9.59 Å². The number of para-hydroxylation sites is 1.